The third kappa shape index (κ3) is 4.54. The van der Waals surface area contributed by atoms with E-state index in [9.17, 15) is 13.2 Å². The summed E-state index contributed by atoms with van der Waals surface area (Å²) < 4.78 is 26.8. The Balaban J connectivity index is 1.56. The van der Waals surface area contributed by atoms with Gasteiger partial charge in [-0.05, 0) is 81.0 Å². The molecule has 1 saturated carbocycles. The van der Waals surface area contributed by atoms with Gasteiger partial charge in [0.25, 0.3) is 0 Å². The van der Waals surface area contributed by atoms with E-state index in [2.05, 4.69) is 36.0 Å². The van der Waals surface area contributed by atoms with E-state index in [-0.39, 0.29) is 17.9 Å². The van der Waals surface area contributed by atoms with Crippen LogP contribution in [0.3, 0.4) is 0 Å². The summed E-state index contributed by atoms with van der Waals surface area (Å²) in [5.74, 6) is 1.13. The molecule has 150 valence electrons. The number of sulfonamides is 1. The van der Waals surface area contributed by atoms with Gasteiger partial charge in [0, 0.05) is 17.6 Å². The summed E-state index contributed by atoms with van der Waals surface area (Å²) in [6, 6.07) is 6.23. The van der Waals surface area contributed by atoms with Gasteiger partial charge in [-0.25, -0.2) is 13.1 Å². The van der Waals surface area contributed by atoms with Gasteiger partial charge in [-0.3, -0.25) is 4.79 Å². The first-order valence-electron chi connectivity index (χ1n) is 10.1. The van der Waals surface area contributed by atoms with Crippen molar-refractivity contribution in [2.24, 2.45) is 5.92 Å². The van der Waals surface area contributed by atoms with Crippen molar-refractivity contribution in [3.8, 4) is 0 Å². The quantitative estimate of drug-likeness (QED) is 0.791. The van der Waals surface area contributed by atoms with Gasteiger partial charge in [-0.15, -0.1) is 0 Å². The Hall–Kier alpha value is -1.40. The van der Waals surface area contributed by atoms with Crippen LogP contribution in [0.2, 0.25) is 0 Å². The van der Waals surface area contributed by atoms with Crippen molar-refractivity contribution in [3.05, 3.63) is 29.3 Å². The molecule has 0 saturated heterocycles. The Morgan fingerprint density at radius 1 is 1.04 bits per heavy atom. The standard InChI is InChI=1S/C21H32N2O3S/c1-13(2)27(25,26)23-17-7-5-16(6-8-17)21(24)22-18-9-10-19-14(3)11-15(4)20(19)12-18/h9-10,12-17,23H,5-8,11H2,1-4H3,(H,22,24). The number of anilines is 1. The largest absolute Gasteiger partial charge is 0.326 e. The minimum Gasteiger partial charge on any atom is -0.326 e. The second kappa shape index (κ2) is 7.92. The molecular weight excluding hydrogens is 360 g/mol. The Morgan fingerprint density at radius 2 is 1.67 bits per heavy atom. The van der Waals surface area contributed by atoms with E-state index in [0.29, 0.717) is 24.7 Å². The first-order valence-corrected chi connectivity index (χ1v) is 11.7. The number of amides is 1. The Morgan fingerprint density at radius 3 is 2.30 bits per heavy atom. The molecule has 0 spiro atoms. The molecule has 6 heteroatoms. The Kier molecular flexibility index (Phi) is 5.96. The fourth-order valence-corrected chi connectivity index (χ4v) is 5.37. The first-order chi connectivity index (χ1) is 12.7. The molecular formula is C21H32N2O3S. The van der Waals surface area contributed by atoms with E-state index in [1.165, 1.54) is 17.5 Å². The predicted octanol–water partition coefficient (Wildman–Crippen LogP) is 4.12. The zero-order valence-corrected chi connectivity index (χ0v) is 17.6. The molecule has 5 nitrogen and oxygen atoms in total. The Labute approximate surface area is 163 Å². The smallest absolute Gasteiger partial charge is 0.227 e. The van der Waals surface area contributed by atoms with Crippen LogP contribution in [0.5, 0.6) is 0 Å². The third-order valence-electron chi connectivity index (χ3n) is 6.17. The molecule has 1 aromatic carbocycles. The van der Waals surface area contributed by atoms with Crippen LogP contribution in [-0.4, -0.2) is 25.6 Å². The summed E-state index contributed by atoms with van der Waals surface area (Å²) >= 11 is 0. The predicted molar refractivity (Wildman–Crippen MR) is 109 cm³/mol. The maximum Gasteiger partial charge on any atom is 0.227 e. The molecule has 2 atom stereocenters. The lowest BCUT2D eigenvalue weighted by atomic mass is 9.86. The van der Waals surface area contributed by atoms with Crippen molar-refractivity contribution in [1.82, 2.24) is 4.72 Å². The van der Waals surface area contributed by atoms with Crippen LogP contribution in [0.4, 0.5) is 5.69 Å². The fourth-order valence-electron chi connectivity index (χ4n) is 4.40. The lowest BCUT2D eigenvalue weighted by molar-refractivity contribution is -0.120. The number of fused-ring (bicyclic) bond motifs is 1. The van der Waals surface area contributed by atoms with Gasteiger partial charge in [-0.1, -0.05) is 19.9 Å². The van der Waals surface area contributed by atoms with Gasteiger partial charge in [0.1, 0.15) is 0 Å². The molecule has 2 aliphatic rings. The summed E-state index contributed by atoms with van der Waals surface area (Å²) in [6.07, 6.45) is 4.03. The second-order valence-electron chi connectivity index (χ2n) is 8.63. The van der Waals surface area contributed by atoms with Crippen molar-refractivity contribution in [1.29, 1.82) is 0 Å². The van der Waals surface area contributed by atoms with Crippen molar-refractivity contribution < 1.29 is 13.2 Å². The molecule has 2 aliphatic carbocycles. The van der Waals surface area contributed by atoms with Crippen molar-refractivity contribution >= 4 is 21.6 Å². The molecule has 2 N–H and O–H groups in total. The maximum absolute atomic E-state index is 12.7. The van der Waals surface area contributed by atoms with Gasteiger partial charge in [0.2, 0.25) is 15.9 Å². The summed E-state index contributed by atoms with van der Waals surface area (Å²) in [6.45, 7) is 7.86. The van der Waals surface area contributed by atoms with E-state index in [1.807, 2.05) is 6.07 Å². The SMILES string of the molecule is CC1CC(C)c2cc(NC(=O)C3CCC(NS(=O)(=O)C(C)C)CC3)ccc21. The van der Waals surface area contributed by atoms with Gasteiger partial charge in [0.05, 0.1) is 5.25 Å². The van der Waals surface area contributed by atoms with E-state index < -0.39 is 15.3 Å². The normalized spacial score (nSPS) is 28.2. The number of carbonyl (C=O) groups excluding carboxylic acids is 1. The molecule has 3 rings (SSSR count). The number of hydrogen-bond donors (Lipinski definition) is 2. The number of hydrogen-bond acceptors (Lipinski definition) is 3. The van der Waals surface area contributed by atoms with Crippen molar-refractivity contribution in [3.63, 3.8) is 0 Å². The highest BCUT2D eigenvalue weighted by Gasteiger charge is 2.30. The average molecular weight is 393 g/mol. The van der Waals surface area contributed by atoms with Crippen LogP contribution in [0.1, 0.15) is 82.8 Å². The molecule has 0 radical (unpaired) electrons. The van der Waals surface area contributed by atoms with Crippen molar-refractivity contribution in [2.75, 3.05) is 5.32 Å². The van der Waals surface area contributed by atoms with E-state index >= 15 is 0 Å². The fraction of sp³-hybridized carbons (Fsp3) is 0.667. The average Bonchev–Trinajstić information content (AvgIpc) is 2.89. The van der Waals surface area contributed by atoms with Gasteiger partial charge >= 0.3 is 0 Å². The zero-order chi connectivity index (χ0) is 19.8. The third-order valence-corrected chi connectivity index (χ3v) is 8.08. The van der Waals surface area contributed by atoms with Gasteiger partial charge < -0.3 is 5.32 Å². The van der Waals surface area contributed by atoms with E-state index in [0.717, 1.165) is 18.5 Å². The second-order valence-corrected chi connectivity index (χ2v) is 10.9. The minimum atomic E-state index is -3.25. The summed E-state index contributed by atoms with van der Waals surface area (Å²) in [5, 5.41) is 2.65. The van der Waals surface area contributed by atoms with Crippen LogP contribution in [0, 0.1) is 5.92 Å². The van der Waals surface area contributed by atoms with Crippen molar-refractivity contribution in [2.45, 2.75) is 82.9 Å². The highest BCUT2D eigenvalue weighted by atomic mass is 32.2. The molecule has 0 bridgehead atoms. The summed E-state index contributed by atoms with van der Waals surface area (Å²) in [4.78, 5) is 12.7. The number of benzene rings is 1. The number of carbonyl (C=O) groups is 1. The molecule has 27 heavy (non-hydrogen) atoms. The molecule has 1 aromatic rings. The summed E-state index contributed by atoms with van der Waals surface area (Å²) in [7, 11) is -3.25. The number of rotatable bonds is 5. The van der Waals surface area contributed by atoms with Crippen LogP contribution >= 0.6 is 0 Å². The lowest BCUT2D eigenvalue weighted by Gasteiger charge is -2.28. The lowest BCUT2D eigenvalue weighted by Crippen LogP contribution is -2.42. The van der Waals surface area contributed by atoms with Crippen LogP contribution in [0.25, 0.3) is 0 Å². The maximum atomic E-state index is 12.7. The molecule has 0 aliphatic heterocycles. The van der Waals surface area contributed by atoms with Gasteiger partial charge in [0.15, 0.2) is 0 Å². The monoisotopic (exact) mass is 392 g/mol. The molecule has 1 amide bonds. The summed E-state index contributed by atoms with van der Waals surface area (Å²) in [5.41, 5.74) is 3.63. The topological polar surface area (TPSA) is 75.3 Å². The zero-order valence-electron chi connectivity index (χ0n) is 16.8. The molecule has 0 heterocycles. The molecule has 1 fully saturated rings. The van der Waals surface area contributed by atoms with Crippen LogP contribution in [0.15, 0.2) is 18.2 Å². The molecule has 2 unspecified atom stereocenters. The highest BCUT2D eigenvalue weighted by Crippen LogP contribution is 2.42. The minimum absolute atomic E-state index is 0.0468. The van der Waals surface area contributed by atoms with Gasteiger partial charge in [-0.2, -0.15) is 0 Å². The van der Waals surface area contributed by atoms with Crippen LogP contribution < -0.4 is 10.0 Å². The van der Waals surface area contributed by atoms with E-state index in [4.69, 9.17) is 0 Å². The molecule has 0 aromatic heterocycles. The number of nitrogens with one attached hydrogen (secondary N) is 2. The highest BCUT2D eigenvalue weighted by molar-refractivity contribution is 7.90. The van der Waals surface area contributed by atoms with Crippen LogP contribution in [-0.2, 0) is 14.8 Å². The first kappa shape index (κ1) is 20.3. The van der Waals surface area contributed by atoms with E-state index in [1.54, 1.807) is 13.8 Å². The Bertz CT molecular complexity index is 796.